The van der Waals surface area contributed by atoms with Crippen molar-refractivity contribution in [1.29, 1.82) is 0 Å². The molecule has 0 bridgehead atoms. The maximum atomic E-state index is 10.4. The summed E-state index contributed by atoms with van der Waals surface area (Å²) in [5.74, 6) is 0.685. The number of aliphatic hydroxyl groups excluding tert-OH is 1. The number of rotatable bonds is 4. The van der Waals surface area contributed by atoms with Crippen LogP contribution in [0, 0.1) is 0 Å². The second-order valence-electron chi connectivity index (χ2n) is 4.89. The van der Waals surface area contributed by atoms with Crippen LogP contribution in [-0.4, -0.2) is 40.9 Å². The molecule has 2 aromatic rings. The Kier molecular flexibility index (Phi) is 4.84. The molecule has 21 heavy (non-hydrogen) atoms. The van der Waals surface area contributed by atoms with Crippen LogP contribution in [0.4, 0.5) is 5.95 Å². The standard InChI is InChI=1S/C14H16BrN3O2S/c15-10-7-16-14(17-8-10)18-3-4-20-9-11(18)6-12(19)13-2-1-5-21-13/h1-2,5,7-8,11-12,19H,3-4,6,9H2. The van der Waals surface area contributed by atoms with E-state index in [2.05, 4.69) is 30.8 Å². The van der Waals surface area contributed by atoms with E-state index in [9.17, 15) is 5.11 Å². The molecule has 3 heterocycles. The number of morpholine rings is 1. The van der Waals surface area contributed by atoms with Gasteiger partial charge in [-0.05, 0) is 27.4 Å². The predicted octanol–water partition coefficient (Wildman–Crippen LogP) is 2.63. The summed E-state index contributed by atoms with van der Waals surface area (Å²) >= 11 is 4.92. The number of thiophene rings is 1. The fourth-order valence-corrected chi connectivity index (χ4v) is 3.35. The van der Waals surface area contributed by atoms with Crippen molar-refractivity contribution in [1.82, 2.24) is 9.97 Å². The summed E-state index contributed by atoms with van der Waals surface area (Å²) in [4.78, 5) is 11.8. The monoisotopic (exact) mass is 369 g/mol. The highest BCUT2D eigenvalue weighted by atomic mass is 79.9. The Morgan fingerprint density at radius 1 is 1.48 bits per heavy atom. The van der Waals surface area contributed by atoms with Crippen LogP contribution in [0.15, 0.2) is 34.4 Å². The molecule has 0 spiro atoms. The van der Waals surface area contributed by atoms with Crippen LogP contribution in [0.25, 0.3) is 0 Å². The number of aliphatic hydroxyl groups is 1. The van der Waals surface area contributed by atoms with Crippen LogP contribution in [0.5, 0.6) is 0 Å². The zero-order chi connectivity index (χ0) is 14.7. The number of ether oxygens (including phenoxy) is 1. The number of nitrogens with zero attached hydrogens (tertiary/aromatic N) is 3. The van der Waals surface area contributed by atoms with E-state index in [0.29, 0.717) is 25.6 Å². The van der Waals surface area contributed by atoms with Crippen molar-refractivity contribution in [3.8, 4) is 0 Å². The minimum atomic E-state index is -0.477. The topological polar surface area (TPSA) is 58.5 Å². The molecule has 0 radical (unpaired) electrons. The molecule has 2 unspecified atom stereocenters. The van der Waals surface area contributed by atoms with E-state index < -0.39 is 6.10 Å². The zero-order valence-corrected chi connectivity index (χ0v) is 13.8. The molecule has 3 rings (SSSR count). The van der Waals surface area contributed by atoms with Crippen LogP contribution in [0.3, 0.4) is 0 Å². The molecular weight excluding hydrogens is 354 g/mol. The fraction of sp³-hybridized carbons (Fsp3) is 0.429. The highest BCUT2D eigenvalue weighted by Gasteiger charge is 2.28. The molecule has 1 fully saturated rings. The van der Waals surface area contributed by atoms with Gasteiger partial charge in [-0.1, -0.05) is 6.07 Å². The molecule has 7 heteroatoms. The van der Waals surface area contributed by atoms with Gasteiger partial charge in [-0.3, -0.25) is 0 Å². The van der Waals surface area contributed by atoms with E-state index in [-0.39, 0.29) is 6.04 Å². The van der Waals surface area contributed by atoms with Gasteiger partial charge in [0.1, 0.15) is 0 Å². The van der Waals surface area contributed by atoms with Crippen molar-refractivity contribution in [2.75, 3.05) is 24.7 Å². The summed E-state index contributed by atoms with van der Waals surface area (Å²) in [5.41, 5.74) is 0. The average Bonchev–Trinajstić information content (AvgIpc) is 3.03. The Bertz CT molecular complexity index is 564. The second kappa shape index (κ2) is 6.83. The van der Waals surface area contributed by atoms with Crippen molar-refractivity contribution in [2.45, 2.75) is 18.6 Å². The third-order valence-corrected chi connectivity index (χ3v) is 4.84. The van der Waals surface area contributed by atoms with E-state index >= 15 is 0 Å². The quantitative estimate of drug-likeness (QED) is 0.897. The molecule has 1 aliphatic rings. The van der Waals surface area contributed by atoms with Crippen LogP contribution < -0.4 is 4.90 Å². The summed E-state index contributed by atoms with van der Waals surface area (Å²) < 4.78 is 6.42. The van der Waals surface area contributed by atoms with Gasteiger partial charge in [0.15, 0.2) is 0 Å². The maximum absolute atomic E-state index is 10.4. The first-order valence-electron chi connectivity index (χ1n) is 6.77. The number of hydrogen-bond acceptors (Lipinski definition) is 6. The normalized spacial score (nSPS) is 20.5. The molecule has 2 aromatic heterocycles. The van der Waals surface area contributed by atoms with E-state index in [1.807, 2.05) is 17.5 Å². The van der Waals surface area contributed by atoms with Gasteiger partial charge in [-0.2, -0.15) is 0 Å². The second-order valence-corrected chi connectivity index (χ2v) is 6.79. The minimum Gasteiger partial charge on any atom is -0.387 e. The maximum Gasteiger partial charge on any atom is 0.225 e. The van der Waals surface area contributed by atoms with Crippen molar-refractivity contribution >= 4 is 33.2 Å². The third kappa shape index (κ3) is 3.60. The molecule has 0 saturated carbocycles. The van der Waals surface area contributed by atoms with Crippen molar-refractivity contribution in [2.24, 2.45) is 0 Å². The first kappa shape index (κ1) is 14.9. The van der Waals surface area contributed by atoms with Crippen molar-refractivity contribution < 1.29 is 9.84 Å². The number of hydrogen-bond donors (Lipinski definition) is 1. The Hall–Kier alpha value is -1.02. The number of aromatic nitrogens is 2. The molecule has 1 saturated heterocycles. The zero-order valence-electron chi connectivity index (χ0n) is 11.4. The lowest BCUT2D eigenvalue weighted by atomic mass is 10.1. The largest absolute Gasteiger partial charge is 0.387 e. The Balaban J connectivity index is 1.73. The van der Waals surface area contributed by atoms with Crippen LogP contribution in [0.2, 0.25) is 0 Å². The van der Waals surface area contributed by atoms with Gasteiger partial charge in [0.05, 0.1) is 29.8 Å². The lowest BCUT2D eigenvalue weighted by molar-refractivity contribution is 0.0680. The van der Waals surface area contributed by atoms with E-state index in [0.717, 1.165) is 15.9 Å². The highest BCUT2D eigenvalue weighted by Crippen LogP contribution is 2.27. The van der Waals surface area contributed by atoms with Crippen molar-refractivity contribution in [3.63, 3.8) is 0 Å². The summed E-state index contributed by atoms with van der Waals surface area (Å²) in [6.07, 6.45) is 3.62. The van der Waals surface area contributed by atoms with Crippen LogP contribution in [-0.2, 0) is 4.74 Å². The predicted molar refractivity (Wildman–Crippen MR) is 85.6 cm³/mol. The molecule has 1 aliphatic heterocycles. The molecule has 1 N–H and O–H groups in total. The minimum absolute atomic E-state index is 0.0806. The van der Waals surface area contributed by atoms with Crippen molar-refractivity contribution in [3.05, 3.63) is 39.3 Å². The molecule has 5 nitrogen and oxygen atoms in total. The number of anilines is 1. The summed E-state index contributed by atoms with van der Waals surface area (Å²) in [5, 5.41) is 12.3. The lowest BCUT2D eigenvalue weighted by Gasteiger charge is -2.36. The summed E-state index contributed by atoms with van der Waals surface area (Å²) in [6.45, 7) is 1.98. The molecule has 2 atom stereocenters. The fourth-order valence-electron chi connectivity index (χ4n) is 2.42. The van der Waals surface area contributed by atoms with Gasteiger partial charge in [-0.25, -0.2) is 9.97 Å². The van der Waals surface area contributed by atoms with Gasteiger partial charge < -0.3 is 14.7 Å². The van der Waals surface area contributed by atoms with Gasteiger partial charge in [0.25, 0.3) is 0 Å². The summed E-state index contributed by atoms with van der Waals surface area (Å²) in [6, 6.07) is 3.99. The van der Waals surface area contributed by atoms with Gasteiger partial charge in [0.2, 0.25) is 5.95 Å². The third-order valence-electron chi connectivity index (χ3n) is 3.46. The van der Waals surface area contributed by atoms with Crippen LogP contribution >= 0.6 is 27.3 Å². The SMILES string of the molecule is OC(CC1COCCN1c1ncc(Br)cn1)c1cccs1. The van der Waals surface area contributed by atoms with Gasteiger partial charge >= 0.3 is 0 Å². The molecule has 0 amide bonds. The Morgan fingerprint density at radius 2 is 2.29 bits per heavy atom. The lowest BCUT2D eigenvalue weighted by Crippen LogP contribution is -2.47. The van der Waals surface area contributed by atoms with E-state index in [1.54, 1.807) is 23.7 Å². The van der Waals surface area contributed by atoms with Crippen LogP contribution in [0.1, 0.15) is 17.4 Å². The number of halogens is 1. The molecule has 112 valence electrons. The molecule has 0 aromatic carbocycles. The highest BCUT2D eigenvalue weighted by molar-refractivity contribution is 9.10. The van der Waals surface area contributed by atoms with E-state index in [1.165, 1.54) is 0 Å². The summed E-state index contributed by atoms with van der Waals surface area (Å²) in [7, 11) is 0. The molecular formula is C14H16BrN3O2S. The van der Waals surface area contributed by atoms with E-state index in [4.69, 9.17) is 4.74 Å². The Labute approximate surface area is 135 Å². The first-order valence-corrected chi connectivity index (χ1v) is 8.44. The van der Waals surface area contributed by atoms with Gasteiger partial charge in [0, 0.05) is 30.2 Å². The van der Waals surface area contributed by atoms with Gasteiger partial charge in [-0.15, -0.1) is 11.3 Å². The molecule has 0 aliphatic carbocycles. The Morgan fingerprint density at radius 3 is 3.00 bits per heavy atom. The smallest absolute Gasteiger partial charge is 0.225 e. The first-order chi connectivity index (χ1) is 10.2. The average molecular weight is 370 g/mol.